The van der Waals surface area contributed by atoms with Gasteiger partial charge in [0.1, 0.15) is 21.9 Å². The van der Waals surface area contributed by atoms with Gasteiger partial charge < -0.3 is 4.55 Å². The summed E-state index contributed by atoms with van der Waals surface area (Å²) in [5.41, 5.74) is -0.119. The van der Waals surface area contributed by atoms with Gasteiger partial charge in [-0.1, -0.05) is 4.40 Å². The van der Waals surface area contributed by atoms with Gasteiger partial charge in [-0.2, -0.15) is 0 Å². The van der Waals surface area contributed by atoms with Crippen LogP contribution in [0.3, 0.4) is 0 Å². The lowest BCUT2D eigenvalue weighted by Crippen LogP contribution is -2.26. The Balaban J connectivity index is 3.15. The summed E-state index contributed by atoms with van der Waals surface area (Å²) in [5, 5.41) is 0. The summed E-state index contributed by atoms with van der Waals surface area (Å²) in [7, 11) is 0. The van der Waals surface area contributed by atoms with Crippen molar-refractivity contribution in [2.45, 2.75) is 32.4 Å². The fourth-order valence-electron chi connectivity index (χ4n) is 1.11. The summed E-state index contributed by atoms with van der Waals surface area (Å²) in [6.45, 7) is 6.53. The Bertz CT molecular complexity index is 483. The molecule has 0 bridgehead atoms. The first-order valence-electron chi connectivity index (χ1n) is 5.25. The predicted octanol–water partition coefficient (Wildman–Crippen LogP) is 3.38. The molecule has 1 aromatic carbocycles. The zero-order valence-corrected chi connectivity index (χ0v) is 11.4. The highest BCUT2D eigenvalue weighted by Gasteiger charge is 2.27. The largest absolute Gasteiger partial charge is 0.591 e. The second-order valence-corrected chi connectivity index (χ2v) is 6.69. The average molecular weight is 277 g/mol. The highest BCUT2D eigenvalue weighted by molar-refractivity contribution is 7.91. The van der Waals surface area contributed by atoms with Gasteiger partial charge >= 0.3 is 0 Å². The molecule has 1 aromatic rings. The maximum absolute atomic E-state index is 13.4. The summed E-state index contributed by atoms with van der Waals surface area (Å²) < 4.78 is 54.2. The molecule has 0 radical (unpaired) electrons. The molecule has 1 unspecified atom stereocenters. The van der Waals surface area contributed by atoms with Gasteiger partial charge in [0.15, 0.2) is 11.6 Å². The highest BCUT2D eigenvalue weighted by Crippen LogP contribution is 2.20. The first-order valence-corrected chi connectivity index (χ1v) is 6.36. The third-order valence-corrected chi connectivity index (χ3v) is 3.63. The van der Waals surface area contributed by atoms with E-state index < -0.39 is 33.6 Å². The monoisotopic (exact) mass is 277 g/mol. The summed E-state index contributed by atoms with van der Waals surface area (Å²) in [5.74, 6) is -3.36. The molecule has 18 heavy (non-hydrogen) atoms. The summed E-state index contributed by atoms with van der Waals surface area (Å²) in [6, 6.07) is 1.16. The molecule has 0 amide bonds. The smallest absolute Gasteiger partial charge is 0.161 e. The van der Waals surface area contributed by atoms with E-state index in [1.807, 2.05) is 0 Å². The Morgan fingerprint density at radius 3 is 2.11 bits per heavy atom. The Morgan fingerprint density at radius 2 is 1.61 bits per heavy atom. The Kier molecular flexibility index (Phi) is 4.45. The standard InChI is InChI=1S/C12H14F3NOS/c1-7(16-18(17)12(2,3)4)8-5-10(14)11(15)6-9(8)13/h5-6H,1-4H3. The minimum absolute atomic E-state index is 0.0691. The summed E-state index contributed by atoms with van der Waals surface area (Å²) in [4.78, 5) is 0. The topological polar surface area (TPSA) is 35.4 Å². The highest BCUT2D eigenvalue weighted by atomic mass is 32.2. The Morgan fingerprint density at radius 1 is 1.11 bits per heavy atom. The molecular formula is C12H14F3NOS. The quantitative estimate of drug-likeness (QED) is 0.464. The van der Waals surface area contributed by atoms with Gasteiger partial charge in [0.05, 0.1) is 5.71 Å². The molecule has 1 rings (SSSR count). The Hall–Kier alpha value is -1.01. The second-order valence-electron chi connectivity index (χ2n) is 4.78. The van der Waals surface area contributed by atoms with Crippen LogP contribution in [0.25, 0.3) is 0 Å². The first-order chi connectivity index (χ1) is 8.12. The van der Waals surface area contributed by atoms with Gasteiger partial charge in [-0.3, -0.25) is 0 Å². The van der Waals surface area contributed by atoms with Gasteiger partial charge in [-0.25, -0.2) is 13.2 Å². The van der Waals surface area contributed by atoms with Gasteiger partial charge in [0.2, 0.25) is 0 Å². The van der Waals surface area contributed by atoms with Crippen LogP contribution in [0.4, 0.5) is 13.2 Å². The molecule has 0 heterocycles. The van der Waals surface area contributed by atoms with Crippen LogP contribution < -0.4 is 0 Å². The molecule has 0 aromatic heterocycles. The van der Waals surface area contributed by atoms with Crippen molar-refractivity contribution in [3.05, 3.63) is 35.1 Å². The van der Waals surface area contributed by atoms with E-state index in [-0.39, 0.29) is 11.3 Å². The zero-order valence-electron chi connectivity index (χ0n) is 10.6. The van der Waals surface area contributed by atoms with Crippen LogP contribution >= 0.6 is 0 Å². The van der Waals surface area contributed by atoms with Crippen molar-refractivity contribution in [1.29, 1.82) is 0 Å². The molecule has 100 valence electrons. The van der Waals surface area contributed by atoms with Crippen LogP contribution in [0.2, 0.25) is 0 Å². The first kappa shape index (κ1) is 15.0. The number of halogens is 3. The number of hydrogen-bond donors (Lipinski definition) is 0. The normalized spacial score (nSPS) is 14.8. The molecule has 0 saturated carbocycles. The maximum atomic E-state index is 13.4. The summed E-state index contributed by atoms with van der Waals surface area (Å²) >= 11 is -1.58. The molecule has 0 spiro atoms. The fraction of sp³-hybridized carbons (Fsp3) is 0.417. The Labute approximate surface area is 107 Å². The van der Waals surface area contributed by atoms with E-state index in [9.17, 15) is 17.7 Å². The van der Waals surface area contributed by atoms with Crippen LogP contribution in [0.5, 0.6) is 0 Å². The third kappa shape index (κ3) is 3.49. The lowest BCUT2D eigenvalue weighted by Gasteiger charge is -2.18. The average Bonchev–Trinajstić information content (AvgIpc) is 2.21. The molecule has 6 heteroatoms. The predicted molar refractivity (Wildman–Crippen MR) is 66.4 cm³/mol. The van der Waals surface area contributed by atoms with Crippen molar-refractivity contribution in [2.24, 2.45) is 4.40 Å². The van der Waals surface area contributed by atoms with Crippen LogP contribution in [-0.4, -0.2) is 15.0 Å². The lowest BCUT2D eigenvalue weighted by atomic mass is 10.1. The number of benzene rings is 1. The van der Waals surface area contributed by atoms with Crippen molar-refractivity contribution in [3.63, 3.8) is 0 Å². The van der Waals surface area contributed by atoms with Crippen molar-refractivity contribution in [2.75, 3.05) is 0 Å². The number of nitrogens with zero attached hydrogens (tertiary/aromatic N) is 1. The van der Waals surface area contributed by atoms with E-state index in [0.29, 0.717) is 12.1 Å². The number of rotatable bonds is 2. The van der Waals surface area contributed by atoms with Crippen molar-refractivity contribution >= 4 is 17.1 Å². The van der Waals surface area contributed by atoms with Gasteiger partial charge in [0, 0.05) is 11.6 Å². The van der Waals surface area contributed by atoms with Crippen LogP contribution in [0.1, 0.15) is 33.3 Å². The van der Waals surface area contributed by atoms with E-state index in [1.54, 1.807) is 20.8 Å². The molecule has 0 fully saturated rings. The van der Waals surface area contributed by atoms with Crippen LogP contribution in [0.15, 0.2) is 16.5 Å². The lowest BCUT2D eigenvalue weighted by molar-refractivity contribution is 0.494. The molecule has 1 atom stereocenters. The van der Waals surface area contributed by atoms with Crippen molar-refractivity contribution < 1.29 is 17.7 Å². The van der Waals surface area contributed by atoms with Crippen LogP contribution in [-0.2, 0) is 11.4 Å². The van der Waals surface area contributed by atoms with E-state index in [1.165, 1.54) is 6.92 Å². The van der Waals surface area contributed by atoms with E-state index in [0.717, 1.165) is 0 Å². The van der Waals surface area contributed by atoms with E-state index in [2.05, 4.69) is 4.40 Å². The molecule has 0 aliphatic rings. The van der Waals surface area contributed by atoms with Crippen LogP contribution in [0, 0.1) is 17.5 Å². The third-order valence-electron chi connectivity index (χ3n) is 2.14. The molecular weight excluding hydrogens is 263 g/mol. The molecule has 2 nitrogen and oxygen atoms in total. The van der Waals surface area contributed by atoms with E-state index >= 15 is 0 Å². The molecule has 0 aliphatic carbocycles. The molecule has 0 saturated heterocycles. The molecule has 0 aliphatic heterocycles. The SMILES string of the molecule is CC(=N[S+]([O-])C(C)(C)C)c1cc(F)c(F)cc1F. The minimum Gasteiger partial charge on any atom is -0.591 e. The fourth-order valence-corrected chi connectivity index (χ4v) is 1.73. The zero-order chi connectivity index (χ0) is 14.1. The number of hydrogen-bond acceptors (Lipinski definition) is 2. The van der Waals surface area contributed by atoms with E-state index in [4.69, 9.17) is 0 Å². The van der Waals surface area contributed by atoms with Crippen molar-refractivity contribution in [1.82, 2.24) is 0 Å². The second kappa shape index (κ2) is 5.32. The van der Waals surface area contributed by atoms with Gasteiger partial charge in [-0.15, -0.1) is 0 Å². The van der Waals surface area contributed by atoms with Gasteiger partial charge in [-0.05, 0) is 33.8 Å². The maximum Gasteiger partial charge on any atom is 0.161 e. The van der Waals surface area contributed by atoms with Gasteiger partial charge in [0.25, 0.3) is 0 Å². The minimum atomic E-state index is -1.58. The molecule has 0 N–H and O–H groups in total. The van der Waals surface area contributed by atoms with Crippen molar-refractivity contribution in [3.8, 4) is 0 Å². The summed E-state index contributed by atoms with van der Waals surface area (Å²) in [6.07, 6.45) is 0.